The predicted molar refractivity (Wildman–Crippen MR) is 113 cm³/mol. The lowest BCUT2D eigenvalue weighted by Gasteiger charge is -2.39. The molecule has 148 valence electrons. The Morgan fingerprint density at radius 1 is 1.30 bits per heavy atom. The van der Waals surface area contributed by atoms with E-state index in [0.29, 0.717) is 12.5 Å². The van der Waals surface area contributed by atoms with Crippen LogP contribution in [0.3, 0.4) is 0 Å². The predicted octanol–water partition coefficient (Wildman–Crippen LogP) is 5.88. The molecule has 0 spiro atoms. The Balaban J connectivity index is 2.40. The molecule has 2 rings (SSSR count). The van der Waals surface area contributed by atoms with Gasteiger partial charge in [0.15, 0.2) is 5.88 Å². The number of hydrogen-bond acceptors (Lipinski definition) is 3. The number of cyclic esters (lactones) is 1. The Hall–Kier alpha value is -2.01. The number of benzene rings is 1. The molecule has 1 aromatic rings. The van der Waals surface area contributed by atoms with E-state index in [1.165, 1.54) is 5.56 Å². The molecule has 1 atom stereocenters. The summed E-state index contributed by atoms with van der Waals surface area (Å²) in [5.74, 6) is 0.642. The number of ether oxygens (including phenoxy) is 1. The van der Waals surface area contributed by atoms with Crippen molar-refractivity contribution in [2.24, 2.45) is 0 Å². The SMILES string of the molecule is C/C=C/C(C)=C(/O[Si](C)(C)C(C)(C)C)N1C(=O)OC[C@@H]1Cc1ccccc1. The molecule has 1 aliphatic heterocycles. The van der Waals surface area contributed by atoms with Gasteiger partial charge in [0.05, 0.1) is 6.04 Å². The molecular weight excluding hydrogens is 354 g/mol. The monoisotopic (exact) mass is 387 g/mol. The second-order valence-electron chi connectivity index (χ2n) is 8.64. The molecule has 0 saturated carbocycles. The quantitative estimate of drug-likeness (QED) is 0.347. The highest BCUT2D eigenvalue weighted by atomic mass is 28.4. The van der Waals surface area contributed by atoms with Crippen LogP contribution in [-0.2, 0) is 15.6 Å². The summed E-state index contributed by atoms with van der Waals surface area (Å²) in [6.07, 6.45) is 4.37. The average molecular weight is 388 g/mol. The summed E-state index contributed by atoms with van der Waals surface area (Å²) in [5.41, 5.74) is 2.13. The lowest BCUT2D eigenvalue weighted by molar-refractivity contribution is 0.149. The summed E-state index contributed by atoms with van der Waals surface area (Å²) in [7, 11) is -2.12. The van der Waals surface area contributed by atoms with Gasteiger partial charge in [-0.1, -0.05) is 63.3 Å². The Kier molecular flexibility index (Phi) is 6.57. The normalized spacial score (nSPS) is 19.3. The van der Waals surface area contributed by atoms with Crippen LogP contribution in [0, 0.1) is 0 Å². The van der Waals surface area contributed by atoms with Crippen molar-refractivity contribution in [3.05, 3.63) is 59.5 Å². The molecule has 1 aromatic carbocycles. The van der Waals surface area contributed by atoms with E-state index < -0.39 is 8.32 Å². The highest BCUT2D eigenvalue weighted by Crippen LogP contribution is 2.40. The van der Waals surface area contributed by atoms with Gasteiger partial charge in [0.1, 0.15) is 6.61 Å². The molecule has 0 bridgehead atoms. The Labute approximate surface area is 165 Å². The van der Waals surface area contributed by atoms with Crippen LogP contribution in [0.15, 0.2) is 53.9 Å². The second kappa shape index (κ2) is 8.34. The first-order chi connectivity index (χ1) is 12.6. The highest BCUT2D eigenvalue weighted by molar-refractivity contribution is 6.74. The van der Waals surface area contributed by atoms with E-state index in [4.69, 9.17) is 9.16 Å². The summed E-state index contributed by atoms with van der Waals surface area (Å²) in [4.78, 5) is 14.4. The third-order valence-electron chi connectivity index (χ3n) is 5.41. The average Bonchev–Trinajstić information content (AvgIpc) is 2.93. The molecule has 0 unspecified atom stereocenters. The van der Waals surface area contributed by atoms with Crippen LogP contribution in [0.25, 0.3) is 0 Å². The number of allylic oxidation sites excluding steroid dienone is 3. The van der Waals surface area contributed by atoms with Gasteiger partial charge < -0.3 is 9.16 Å². The number of nitrogens with zero attached hydrogens (tertiary/aromatic N) is 1. The van der Waals surface area contributed by atoms with Crippen molar-refractivity contribution in [1.82, 2.24) is 4.90 Å². The van der Waals surface area contributed by atoms with Crippen LogP contribution in [0.5, 0.6) is 0 Å². The summed E-state index contributed by atoms with van der Waals surface area (Å²) in [5, 5.41) is 0.0347. The zero-order chi connectivity index (χ0) is 20.2. The third kappa shape index (κ3) is 5.04. The van der Waals surface area contributed by atoms with E-state index in [0.717, 1.165) is 12.0 Å². The fraction of sp³-hybridized carbons (Fsp3) is 0.500. The highest BCUT2D eigenvalue weighted by Gasteiger charge is 2.44. The van der Waals surface area contributed by atoms with Crippen molar-refractivity contribution in [3.8, 4) is 0 Å². The number of carbonyl (C=O) groups is 1. The molecule has 27 heavy (non-hydrogen) atoms. The number of amides is 1. The molecule has 0 aliphatic carbocycles. The molecule has 5 heteroatoms. The first-order valence-corrected chi connectivity index (χ1v) is 12.5. The number of rotatable bonds is 6. The van der Waals surface area contributed by atoms with Crippen molar-refractivity contribution in [2.45, 2.75) is 65.2 Å². The molecule has 4 nitrogen and oxygen atoms in total. The summed E-state index contributed by atoms with van der Waals surface area (Å²) < 4.78 is 12.1. The van der Waals surface area contributed by atoms with Crippen molar-refractivity contribution in [1.29, 1.82) is 0 Å². The molecule has 0 N–H and O–H groups in total. The van der Waals surface area contributed by atoms with Crippen LogP contribution in [0.4, 0.5) is 4.79 Å². The van der Waals surface area contributed by atoms with E-state index in [9.17, 15) is 4.79 Å². The van der Waals surface area contributed by atoms with Gasteiger partial charge in [-0.15, -0.1) is 0 Å². The molecule has 1 fully saturated rings. The summed E-state index contributed by atoms with van der Waals surface area (Å²) in [6, 6.07) is 10.1. The van der Waals surface area contributed by atoms with Crippen molar-refractivity contribution >= 4 is 14.4 Å². The van der Waals surface area contributed by atoms with Gasteiger partial charge in [-0.2, -0.15) is 0 Å². The zero-order valence-electron chi connectivity index (χ0n) is 17.7. The lowest BCUT2D eigenvalue weighted by Crippen LogP contribution is -2.45. The van der Waals surface area contributed by atoms with Gasteiger partial charge in [0.25, 0.3) is 8.32 Å². The van der Waals surface area contributed by atoms with Crippen molar-refractivity contribution in [3.63, 3.8) is 0 Å². The van der Waals surface area contributed by atoms with Crippen molar-refractivity contribution < 1.29 is 14.0 Å². The minimum atomic E-state index is -2.12. The van der Waals surface area contributed by atoms with Crippen LogP contribution in [0.1, 0.15) is 40.2 Å². The van der Waals surface area contributed by atoms with Crippen LogP contribution in [-0.4, -0.2) is 32.0 Å². The van der Waals surface area contributed by atoms with Gasteiger partial charge in [0.2, 0.25) is 0 Å². The Morgan fingerprint density at radius 2 is 1.93 bits per heavy atom. The minimum absolute atomic E-state index is 0.0347. The number of hydrogen-bond donors (Lipinski definition) is 0. The van der Waals surface area contributed by atoms with Gasteiger partial charge in [-0.05, 0) is 44.0 Å². The van der Waals surface area contributed by atoms with Gasteiger partial charge in [-0.3, -0.25) is 0 Å². The summed E-state index contributed by atoms with van der Waals surface area (Å²) in [6.45, 7) is 15.3. The minimum Gasteiger partial charge on any atom is -0.531 e. The Bertz CT molecular complexity index is 717. The third-order valence-corrected chi connectivity index (χ3v) is 9.72. The molecule has 1 amide bonds. The fourth-order valence-electron chi connectivity index (χ4n) is 2.78. The van der Waals surface area contributed by atoms with E-state index in [1.54, 1.807) is 4.90 Å². The van der Waals surface area contributed by atoms with Gasteiger partial charge in [-0.25, -0.2) is 9.69 Å². The molecule has 1 heterocycles. The lowest BCUT2D eigenvalue weighted by atomic mass is 10.1. The van der Waals surface area contributed by atoms with Gasteiger partial charge in [0, 0.05) is 5.57 Å². The molecular formula is C22H33NO3Si. The topological polar surface area (TPSA) is 38.8 Å². The first-order valence-electron chi connectivity index (χ1n) is 9.59. The molecule has 0 radical (unpaired) electrons. The maximum atomic E-state index is 12.6. The van der Waals surface area contributed by atoms with Crippen LogP contribution in [0.2, 0.25) is 18.1 Å². The molecule has 1 aliphatic rings. The maximum absolute atomic E-state index is 12.6. The smallest absolute Gasteiger partial charge is 0.417 e. The standard InChI is InChI=1S/C22H33NO3Si/c1-8-12-17(2)20(26-27(6,7)22(3,4)5)23-19(16-25-21(23)24)15-18-13-10-9-11-14-18/h8-14,19H,15-16H2,1-7H3/b12-8+,20-17+/t19-/m0/s1. The molecule has 0 aromatic heterocycles. The van der Waals surface area contributed by atoms with E-state index in [1.807, 2.05) is 44.2 Å². The van der Waals surface area contributed by atoms with Crippen molar-refractivity contribution in [2.75, 3.05) is 6.61 Å². The molecule has 1 saturated heterocycles. The largest absolute Gasteiger partial charge is 0.531 e. The maximum Gasteiger partial charge on any atom is 0.417 e. The van der Waals surface area contributed by atoms with E-state index in [-0.39, 0.29) is 17.2 Å². The second-order valence-corrected chi connectivity index (χ2v) is 13.4. The fourth-order valence-corrected chi connectivity index (χ4v) is 3.83. The zero-order valence-corrected chi connectivity index (χ0v) is 18.7. The summed E-state index contributed by atoms with van der Waals surface area (Å²) >= 11 is 0. The van der Waals surface area contributed by atoms with E-state index in [2.05, 4.69) is 46.0 Å². The van der Waals surface area contributed by atoms with Crippen LogP contribution >= 0.6 is 0 Å². The van der Waals surface area contributed by atoms with Crippen LogP contribution < -0.4 is 0 Å². The van der Waals surface area contributed by atoms with E-state index >= 15 is 0 Å². The first kappa shape index (κ1) is 21.3. The Morgan fingerprint density at radius 3 is 2.48 bits per heavy atom. The number of carbonyl (C=O) groups excluding carboxylic acids is 1. The van der Waals surface area contributed by atoms with Gasteiger partial charge >= 0.3 is 6.09 Å².